The first kappa shape index (κ1) is 27.4. The van der Waals surface area contributed by atoms with Crippen LogP contribution in [0.25, 0.3) is 10.9 Å². The molecule has 1 atom stereocenters. The van der Waals surface area contributed by atoms with E-state index in [1.807, 2.05) is 12.3 Å². The van der Waals surface area contributed by atoms with Crippen LogP contribution in [0, 0.1) is 5.41 Å². The van der Waals surface area contributed by atoms with E-state index in [-0.39, 0.29) is 6.04 Å². The average molecular weight is 452 g/mol. The molecule has 0 aliphatic heterocycles. The van der Waals surface area contributed by atoms with Crippen molar-refractivity contribution in [3.8, 4) is 0 Å². The smallest absolute Gasteiger partial charge is 0.0464 e. The van der Waals surface area contributed by atoms with Gasteiger partial charge in [-0.2, -0.15) is 0 Å². The quantitative estimate of drug-likeness (QED) is 0.105. The Morgan fingerprint density at radius 3 is 2.09 bits per heavy atom. The van der Waals surface area contributed by atoms with Gasteiger partial charge in [0, 0.05) is 28.9 Å². The lowest BCUT2D eigenvalue weighted by Gasteiger charge is -2.13. The number of allylic oxidation sites excluding steroid dienone is 2. The van der Waals surface area contributed by atoms with Crippen molar-refractivity contribution >= 4 is 16.6 Å². The first-order chi connectivity index (χ1) is 16.2. The second-order valence-electron chi connectivity index (χ2n) is 9.74. The van der Waals surface area contributed by atoms with E-state index in [0.29, 0.717) is 5.71 Å². The predicted molar refractivity (Wildman–Crippen MR) is 146 cm³/mol. The Bertz CT molecular complexity index is 789. The Balaban J connectivity index is 1.40. The third kappa shape index (κ3) is 11.7. The van der Waals surface area contributed by atoms with Crippen LogP contribution in [-0.2, 0) is 6.42 Å². The van der Waals surface area contributed by atoms with Crippen LogP contribution in [0.2, 0.25) is 0 Å². The maximum absolute atomic E-state index is 8.35. The molecule has 2 rings (SSSR count). The van der Waals surface area contributed by atoms with Crippen molar-refractivity contribution in [3.05, 3.63) is 48.2 Å². The van der Waals surface area contributed by atoms with Gasteiger partial charge < -0.3 is 16.1 Å². The number of unbranched alkanes of at least 4 members (excludes halogenated alkanes) is 13. The van der Waals surface area contributed by atoms with E-state index in [0.717, 1.165) is 24.8 Å². The fourth-order valence-corrected chi connectivity index (χ4v) is 4.59. The summed E-state index contributed by atoms with van der Waals surface area (Å²) in [5, 5.41) is 9.58. The third-order valence-electron chi connectivity index (χ3n) is 6.77. The number of aromatic nitrogens is 1. The summed E-state index contributed by atoms with van der Waals surface area (Å²) < 4.78 is 0. The second kappa shape index (κ2) is 17.6. The number of rotatable bonds is 20. The zero-order chi connectivity index (χ0) is 23.6. The van der Waals surface area contributed by atoms with E-state index >= 15 is 0 Å². The van der Waals surface area contributed by atoms with Gasteiger partial charge in [0.05, 0.1) is 0 Å². The molecule has 1 heterocycles. The van der Waals surface area contributed by atoms with Crippen LogP contribution in [0.15, 0.2) is 42.6 Å². The molecule has 1 unspecified atom stereocenters. The molecule has 0 saturated carbocycles. The predicted octanol–water partition coefficient (Wildman–Crippen LogP) is 8.88. The van der Waals surface area contributed by atoms with Crippen LogP contribution in [-0.4, -0.2) is 16.7 Å². The molecule has 0 aliphatic rings. The molecule has 184 valence electrons. The first-order valence-corrected chi connectivity index (χ1v) is 13.7. The highest BCUT2D eigenvalue weighted by Crippen LogP contribution is 2.19. The van der Waals surface area contributed by atoms with Crippen molar-refractivity contribution in [2.75, 3.05) is 0 Å². The Labute approximate surface area is 203 Å². The molecular weight excluding hydrogens is 402 g/mol. The van der Waals surface area contributed by atoms with Crippen molar-refractivity contribution in [2.45, 2.75) is 122 Å². The van der Waals surface area contributed by atoms with E-state index < -0.39 is 0 Å². The summed E-state index contributed by atoms with van der Waals surface area (Å²) in [6, 6.07) is 8.15. The van der Waals surface area contributed by atoms with Crippen LogP contribution in [0.5, 0.6) is 0 Å². The van der Waals surface area contributed by atoms with Crippen LogP contribution in [0.1, 0.15) is 115 Å². The molecule has 0 aliphatic carbocycles. The van der Waals surface area contributed by atoms with Gasteiger partial charge in [0.25, 0.3) is 0 Å². The summed E-state index contributed by atoms with van der Waals surface area (Å²) in [6.07, 6.45) is 28.3. The summed E-state index contributed by atoms with van der Waals surface area (Å²) >= 11 is 0. The van der Waals surface area contributed by atoms with Crippen molar-refractivity contribution in [3.63, 3.8) is 0 Å². The normalized spacial score (nSPS) is 12.7. The molecule has 33 heavy (non-hydrogen) atoms. The Hall–Kier alpha value is -1.87. The van der Waals surface area contributed by atoms with Crippen LogP contribution in [0.4, 0.5) is 0 Å². The van der Waals surface area contributed by atoms with E-state index in [4.69, 9.17) is 11.1 Å². The number of nitrogens with one attached hydrogen (secondary N) is 2. The zero-order valence-electron chi connectivity index (χ0n) is 21.2. The van der Waals surface area contributed by atoms with E-state index in [9.17, 15) is 0 Å². The lowest BCUT2D eigenvalue weighted by Crippen LogP contribution is -2.32. The van der Waals surface area contributed by atoms with E-state index in [1.165, 1.54) is 101 Å². The van der Waals surface area contributed by atoms with Crippen molar-refractivity contribution in [2.24, 2.45) is 5.73 Å². The molecule has 0 fully saturated rings. The van der Waals surface area contributed by atoms with Crippen molar-refractivity contribution in [1.29, 1.82) is 5.41 Å². The molecule has 0 spiro atoms. The molecule has 3 heteroatoms. The molecule has 0 saturated heterocycles. The maximum atomic E-state index is 8.35. The highest BCUT2D eigenvalue weighted by molar-refractivity contribution is 5.88. The van der Waals surface area contributed by atoms with Gasteiger partial charge in [0.2, 0.25) is 0 Å². The van der Waals surface area contributed by atoms with E-state index in [1.54, 1.807) is 0 Å². The van der Waals surface area contributed by atoms with Crippen LogP contribution >= 0.6 is 0 Å². The number of hydrogen-bond donors (Lipinski definition) is 3. The number of para-hydroxylation sites is 1. The second-order valence-corrected chi connectivity index (χ2v) is 9.74. The highest BCUT2D eigenvalue weighted by Gasteiger charge is 2.12. The fourth-order valence-electron chi connectivity index (χ4n) is 4.59. The van der Waals surface area contributed by atoms with Gasteiger partial charge >= 0.3 is 0 Å². The van der Waals surface area contributed by atoms with Gasteiger partial charge in [-0.1, -0.05) is 101 Å². The first-order valence-electron chi connectivity index (χ1n) is 13.7. The molecular formula is C30H49N3. The van der Waals surface area contributed by atoms with E-state index in [2.05, 4.69) is 42.3 Å². The van der Waals surface area contributed by atoms with Gasteiger partial charge in [0.1, 0.15) is 0 Å². The summed E-state index contributed by atoms with van der Waals surface area (Å²) in [5.74, 6) is 0. The standard InChI is InChI=1S/C30H49N3/c1-2-3-4-5-6-7-8-9-10-11-12-13-14-15-16-17-18-22-28(31)29(32)24-26-25-33-30-23-20-19-21-27(26)30/h9-10,19-21,23,25,29,31,33H,2-8,11-18,22,24,32H2,1H3/b10-9-,31-28?. The fraction of sp³-hybridized carbons (Fsp3) is 0.633. The van der Waals surface area contributed by atoms with Crippen LogP contribution < -0.4 is 5.73 Å². The number of aromatic amines is 1. The minimum Gasteiger partial charge on any atom is -0.361 e. The minimum atomic E-state index is -0.168. The monoisotopic (exact) mass is 451 g/mol. The topological polar surface area (TPSA) is 65.7 Å². The summed E-state index contributed by atoms with van der Waals surface area (Å²) in [4.78, 5) is 3.31. The maximum Gasteiger partial charge on any atom is 0.0464 e. The van der Waals surface area contributed by atoms with Gasteiger partial charge in [-0.15, -0.1) is 0 Å². The zero-order valence-corrected chi connectivity index (χ0v) is 21.2. The molecule has 0 amide bonds. The van der Waals surface area contributed by atoms with Gasteiger partial charge in [-0.25, -0.2) is 0 Å². The summed E-state index contributed by atoms with van der Waals surface area (Å²) in [5.41, 5.74) is 9.40. The molecule has 0 radical (unpaired) electrons. The lowest BCUT2D eigenvalue weighted by molar-refractivity contribution is 0.583. The summed E-state index contributed by atoms with van der Waals surface area (Å²) in [6.45, 7) is 2.28. The number of H-pyrrole nitrogens is 1. The van der Waals surface area contributed by atoms with Crippen molar-refractivity contribution < 1.29 is 0 Å². The highest BCUT2D eigenvalue weighted by atomic mass is 14.7. The number of fused-ring (bicyclic) bond motifs is 1. The molecule has 1 aromatic heterocycles. The number of benzene rings is 1. The van der Waals surface area contributed by atoms with Crippen molar-refractivity contribution in [1.82, 2.24) is 4.98 Å². The Morgan fingerprint density at radius 1 is 0.848 bits per heavy atom. The molecule has 1 aromatic carbocycles. The number of hydrogen-bond acceptors (Lipinski definition) is 2. The lowest BCUT2D eigenvalue weighted by atomic mass is 9.98. The molecule has 2 aromatic rings. The number of nitrogens with two attached hydrogens (primary N) is 1. The van der Waals surface area contributed by atoms with Crippen LogP contribution in [0.3, 0.4) is 0 Å². The molecule has 3 nitrogen and oxygen atoms in total. The molecule has 0 bridgehead atoms. The summed E-state index contributed by atoms with van der Waals surface area (Å²) in [7, 11) is 0. The van der Waals surface area contributed by atoms with Gasteiger partial charge in [0.15, 0.2) is 0 Å². The molecule has 4 N–H and O–H groups in total. The van der Waals surface area contributed by atoms with Gasteiger partial charge in [-0.3, -0.25) is 0 Å². The Morgan fingerprint density at radius 2 is 1.42 bits per heavy atom. The SMILES string of the molecule is CCCCCCCC/C=C\CCCCCCCCCC(=N)C(N)Cc1c[nH]c2ccccc12. The third-order valence-corrected chi connectivity index (χ3v) is 6.77. The largest absolute Gasteiger partial charge is 0.361 e. The van der Waals surface area contributed by atoms with Gasteiger partial charge in [-0.05, 0) is 56.6 Å². The average Bonchev–Trinajstić information content (AvgIpc) is 3.23. The Kier molecular flexibility index (Phi) is 14.6. The minimum absolute atomic E-state index is 0.168.